The van der Waals surface area contributed by atoms with E-state index in [9.17, 15) is 9.59 Å². The summed E-state index contributed by atoms with van der Waals surface area (Å²) < 4.78 is 0.745. The van der Waals surface area contributed by atoms with Crippen LogP contribution in [0.25, 0.3) is 0 Å². The van der Waals surface area contributed by atoms with E-state index in [1.165, 1.54) is 13.0 Å². The number of nitrogens with zero attached hydrogens (tertiary/aromatic N) is 1. The van der Waals surface area contributed by atoms with Crippen LogP contribution in [0.15, 0.2) is 27.7 Å². The van der Waals surface area contributed by atoms with E-state index in [1.54, 1.807) is 18.2 Å². The number of hydrogen-bond acceptors (Lipinski definition) is 4. The fourth-order valence-electron chi connectivity index (χ4n) is 1.05. The van der Waals surface area contributed by atoms with Crippen molar-refractivity contribution in [2.45, 2.75) is 13.5 Å². The van der Waals surface area contributed by atoms with Gasteiger partial charge in [0.2, 0.25) is 12.0 Å². The van der Waals surface area contributed by atoms with Crippen LogP contribution < -0.4 is 5.48 Å². The zero-order chi connectivity index (χ0) is 12.0. The highest BCUT2D eigenvalue weighted by molar-refractivity contribution is 9.10. The minimum Gasteiger partial charge on any atom is -0.273 e. The monoisotopic (exact) mass is 284 g/mol. The maximum atomic E-state index is 10.6. The second-order valence-electron chi connectivity index (χ2n) is 2.89. The predicted octanol–water partition coefficient (Wildman–Crippen LogP) is 1.98. The Balaban J connectivity index is 2.84. The number of benzene rings is 1. The highest BCUT2D eigenvalue weighted by Gasteiger charge is 2.06. The molecule has 0 bridgehead atoms. The Bertz CT molecular complexity index is 442. The lowest BCUT2D eigenvalue weighted by Crippen LogP contribution is -2.19. The molecule has 5 nitrogen and oxygen atoms in total. The number of isocyanates is 1. The number of hydroxylamine groups is 1. The molecular formula is C10H9BrN2O3. The lowest BCUT2D eigenvalue weighted by atomic mass is 10.2. The maximum absolute atomic E-state index is 10.6. The van der Waals surface area contributed by atoms with Crippen LogP contribution in [0.4, 0.5) is 5.69 Å². The van der Waals surface area contributed by atoms with Crippen LogP contribution in [0.5, 0.6) is 0 Å². The third-order valence-corrected chi connectivity index (χ3v) is 2.44. The van der Waals surface area contributed by atoms with Gasteiger partial charge in [-0.3, -0.25) is 9.63 Å². The summed E-state index contributed by atoms with van der Waals surface area (Å²) in [4.78, 5) is 29.3. The van der Waals surface area contributed by atoms with E-state index in [0.717, 1.165) is 4.47 Å². The molecule has 0 radical (unpaired) electrons. The number of carbonyl (C=O) groups excluding carboxylic acids is 2. The average Bonchev–Trinajstić information content (AvgIpc) is 2.22. The Morgan fingerprint density at radius 1 is 1.62 bits per heavy atom. The van der Waals surface area contributed by atoms with Gasteiger partial charge in [-0.2, -0.15) is 4.99 Å². The largest absolute Gasteiger partial charge is 0.273 e. The molecule has 0 saturated carbocycles. The predicted molar refractivity (Wildman–Crippen MR) is 60.5 cm³/mol. The molecule has 84 valence electrons. The molecule has 0 atom stereocenters. The van der Waals surface area contributed by atoms with Crippen molar-refractivity contribution < 1.29 is 14.4 Å². The summed E-state index contributed by atoms with van der Waals surface area (Å²) in [7, 11) is 0. The van der Waals surface area contributed by atoms with E-state index in [0.29, 0.717) is 11.3 Å². The first-order valence-electron chi connectivity index (χ1n) is 4.38. The van der Waals surface area contributed by atoms with Gasteiger partial charge in [0.05, 0.1) is 5.69 Å². The summed E-state index contributed by atoms with van der Waals surface area (Å²) in [6.45, 7) is 1.45. The maximum Gasteiger partial charge on any atom is 0.240 e. The average molecular weight is 285 g/mol. The van der Waals surface area contributed by atoms with E-state index >= 15 is 0 Å². The molecule has 0 aliphatic heterocycles. The SMILES string of the molecule is CC(=O)NOCc1c(Br)cccc1N=C=O. The van der Waals surface area contributed by atoms with E-state index in [4.69, 9.17) is 4.84 Å². The number of carbonyl (C=O) groups is 1. The molecule has 16 heavy (non-hydrogen) atoms. The van der Waals surface area contributed by atoms with Gasteiger partial charge in [0.1, 0.15) is 6.61 Å². The van der Waals surface area contributed by atoms with E-state index in [-0.39, 0.29) is 12.5 Å². The van der Waals surface area contributed by atoms with Gasteiger partial charge >= 0.3 is 0 Å². The second-order valence-corrected chi connectivity index (χ2v) is 3.74. The van der Waals surface area contributed by atoms with Crippen molar-refractivity contribution in [1.29, 1.82) is 0 Å². The zero-order valence-corrected chi connectivity index (χ0v) is 10.1. The minimum atomic E-state index is -0.299. The molecule has 0 unspecified atom stereocenters. The van der Waals surface area contributed by atoms with Crippen LogP contribution in [0.3, 0.4) is 0 Å². The third-order valence-electron chi connectivity index (χ3n) is 1.69. The van der Waals surface area contributed by atoms with Crippen LogP contribution in [-0.4, -0.2) is 12.0 Å². The van der Waals surface area contributed by atoms with Gasteiger partial charge in [0.15, 0.2) is 0 Å². The quantitative estimate of drug-likeness (QED) is 0.522. The molecule has 0 aliphatic rings. The highest BCUT2D eigenvalue weighted by atomic mass is 79.9. The van der Waals surface area contributed by atoms with Crippen molar-refractivity contribution in [2.24, 2.45) is 4.99 Å². The van der Waals surface area contributed by atoms with Crippen LogP contribution in [0.1, 0.15) is 12.5 Å². The van der Waals surface area contributed by atoms with E-state index < -0.39 is 0 Å². The van der Waals surface area contributed by atoms with Crippen LogP contribution in [-0.2, 0) is 21.0 Å². The summed E-state index contributed by atoms with van der Waals surface area (Å²) in [5.41, 5.74) is 3.31. The third kappa shape index (κ3) is 3.58. The molecule has 0 aromatic heterocycles. The molecule has 0 saturated heterocycles. The van der Waals surface area contributed by atoms with Gasteiger partial charge in [-0.05, 0) is 12.1 Å². The zero-order valence-electron chi connectivity index (χ0n) is 8.49. The van der Waals surface area contributed by atoms with Crippen LogP contribution in [0.2, 0.25) is 0 Å². The number of amides is 1. The van der Waals surface area contributed by atoms with Gasteiger partial charge in [-0.15, -0.1) is 0 Å². The van der Waals surface area contributed by atoms with Crippen molar-refractivity contribution in [3.63, 3.8) is 0 Å². The number of hydrogen-bond donors (Lipinski definition) is 1. The first-order valence-corrected chi connectivity index (χ1v) is 5.18. The summed E-state index contributed by atoms with van der Waals surface area (Å²) in [6, 6.07) is 5.18. The molecule has 1 N–H and O–H groups in total. The molecule has 1 rings (SSSR count). The summed E-state index contributed by atoms with van der Waals surface area (Å²) in [6.07, 6.45) is 1.46. The molecular weight excluding hydrogens is 276 g/mol. The van der Waals surface area contributed by atoms with E-state index in [1.807, 2.05) is 0 Å². The molecule has 1 amide bonds. The standard InChI is InChI=1S/C10H9BrN2O3/c1-7(15)13-16-5-8-9(11)3-2-4-10(8)12-6-14/h2-4H,5H2,1H3,(H,13,15). The normalized spacial score (nSPS) is 9.38. The highest BCUT2D eigenvalue weighted by Crippen LogP contribution is 2.27. The van der Waals surface area contributed by atoms with Crippen molar-refractivity contribution in [2.75, 3.05) is 0 Å². The first kappa shape index (κ1) is 12.6. The number of nitrogens with one attached hydrogen (secondary N) is 1. The Hall–Kier alpha value is -1.49. The minimum absolute atomic E-state index is 0.113. The summed E-state index contributed by atoms with van der Waals surface area (Å²) in [5.74, 6) is -0.299. The molecule has 6 heteroatoms. The lowest BCUT2D eigenvalue weighted by Gasteiger charge is -2.07. The van der Waals surface area contributed by atoms with Gasteiger partial charge in [0.25, 0.3) is 0 Å². The molecule has 1 aromatic carbocycles. The van der Waals surface area contributed by atoms with Crippen LogP contribution in [0, 0.1) is 0 Å². The Kier molecular flexibility index (Phi) is 4.85. The van der Waals surface area contributed by atoms with Gasteiger partial charge in [-0.1, -0.05) is 22.0 Å². The smallest absolute Gasteiger partial charge is 0.240 e. The topological polar surface area (TPSA) is 67.8 Å². The lowest BCUT2D eigenvalue weighted by molar-refractivity contribution is -0.132. The molecule has 0 heterocycles. The molecule has 0 spiro atoms. The van der Waals surface area contributed by atoms with Gasteiger partial charge in [-0.25, -0.2) is 10.3 Å². The summed E-state index contributed by atoms with van der Waals surface area (Å²) >= 11 is 3.30. The Morgan fingerprint density at radius 3 is 3.00 bits per heavy atom. The van der Waals surface area contributed by atoms with Crippen molar-refractivity contribution >= 4 is 33.6 Å². The number of rotatable bonds is 4. The fraction of sp³-hybridized carbons (Fsp3) is 0.200. The fourth-order valence-corrected chi connectivity index (χ4v) is 1.52. The number of halogens is 1. The van der Waals surface area contributed by atoms with Crippen molar-refractivity contribution in [3.05, 3.63) is 28.2 Å². The Labute approximate surface area is 101 Å². The summed E-state index contributed by atoms with van der Waals surface area (Å²) in [5, 5.41) is 0. The molecule has 0 aliphatic carbocycles. The van der Waals surface area contributed by atoms with Gasteiger partial charge in [0, 0.05) is 17.0 Å². The van der Waals surface area contributed by atoms with Crippen molar-refractivity contribution in [1.82, 2.24) is 5.48 Å². The number of aliphatic imine (C=N–C) groups is 1. The van der Waals surface area contributed by atoms with Crippen LogP contribution >= 0.6 is 15.9 Å². The first-order chi connectivity index (χ1) is 7.65. The van der Waals surface area contributed by atoms with E-state index in [2.05, 4.69) is 26.4 Å². The van der Waals surface area contributed by atoms with Gasteiger partial charge < -0.3 is 0 Å². The Morgan fingerprint density at radius 2 is 2.38 bits per heavy atom. The molecule has 1 aromatic rings. The van der Waals surface area contributed by atoms with Crippen molar-refractivity contribution in [3.8, 4) is 0 Å². The molecule has 0 fully saturated rings. The second kappa shape index (κ2) is 6.17.